The molecule has 0 aromatic heterocycles. The summed E-state index contributed by atoms with van der Waals surface area (Å²) >= 11 is 0. The highest BCUT2D eigenvalue weighted by atomic mass is 16.2. The van der Waals surface area contributed by atoms with E-state index in [0.717, 1.165) is 0 Å². The molecule has 104 valence electrons. The first-order valence-corrected chi connectivity index (χ1v) is 5.85. The lowest BCUT2D eigenvalue weighted by Gasteiger charge is -2.17. The molecule has 18 heavy (non-hydrogen) atoms. The molecule has 0 aliphatic heterocycles. The van der Waals surface area contributed by atoms with E-state index in [2.05, 4.69) is 10.6 Å². The second-order valence-electron chi connectivity index (χ2n) is 4.45. The van der Waals surface area contributed by atoms with Crippen LogP contribution >= 0.6 is 0 Å². The quantitative estimate of drug-likeness (QED) is 0.250. The Kier molecular flexibility index (Phi) is 7.69. The normalized spacial score (nSPS) is 12.0. The second kappa shape index (κ2) is 8.46. The summed E-state index contributed by atoms with van der Waals surface area (Å²) in [5.74, 6) is -0.323. The van der Waals surface area contributed by atoms with Gasteiger partial charge < -0.3 is 21.3 Å². The molecule has 0 radical (unpaired) electrons. The number of ketones is 1. The average molecular weight is 257 g/mol. The van der Waals surface area contributed by atoms with Crippen molar-refractivity contribution in [1.29, 1.82) is 5.41 Å². The Morgan fingerprint density at radius 1 is 1.39 bits per heavy atom. The molecule has 5 N–H and O–H groups in total. The lowest BCUT2D eigenvalue weighted by Crippen LogP contribution is -2.44. The van der Waals surface area contributed by atoms with Crippen LogP contribution in [0, 0.1) is 5.41 Å². The maximum atomic E-state index is 11.5. The first kappa shape index (κ1) is 16.4. The van der Waals surface area contributed by atoms with Gasteiger partial charge in [0.15, 0.2) is 11.7 Å². The van der Waals surface area contributed by atoms with E-state index in [-0.39, 0.29) is 24.2 Å². The predicted octanol–water partition coefficient (Wildman–Crippen LogP) is -1.11. The number of carbonyl (C=O) groups excluding carboxylic acids is 2. The van der Waals surface area contributed by atoms with Gasteiger partial charge >= 0.3 is 0 Å². The van der Waals surface area contributed by atoms with Gasteiger partial charge in [-0.15, -0.1) is 0 Å². The number of carbonyl (C=O) groups is 2. The van der Waals surface area contributed by atoms with Crippen LogP contribution in [0.3, 0.4) is 0 Å². The Morgan fingerprint density at radius 3 is 2.44 bits per heavy atom. The molecule has 0 saturated carbocycles. The molecule has 0 rings (SSSR count). The Bertz CT molecular complexity index is 304. The van der Waals surface area contributed by atoms with Crippen molar-refractivity contribution < 1.29 is 9.59 Å². The summed E-state index contributed by atoms with van der Waals surface area (Å²) in [5.41, 5.74) is 5.13. The van der Waals surface area contributed by atoms with Gasteiger partial charge in [-0.05, 0) is 33.9 Å². The number of nitrogens with two attached hydrogens (primary N) is 1. The fraction of sp³-hybridized carbons (Fsp3) is 0.727. The third kappa shape index (κ3) is 8.51. The molecule has 0 fully saturated rings. The Balaban J connectivity index is 4.03. The van der Waals surface area contributed by atoms with Crippen molar-refractivity contribution in [3.63, 3.8) is 0 Å². The summed E-state index contributed by atoms with van der Waals surface area (Å²) in [7, 11) is 3.58. The van der Waals surface area contributed by atoms with Crippen LogP contribution in [0.5, 0.6) is 0 Å². The monoisotopic (exact) mass is 257 g/mol. The lowest BCUT2D eigenvalue weighted by atomic mass is 10.1. The van der Waals surface area contributed by atoms with Crippen LogP contribution in [0.4, 0.5) is 0 Å². The third-order valence-electron chi connectivity index (χ3n) is 2.27. The highest BCUT2D eigenvalue weighted by molar-refractivity contribution is 5.88. The number of likely N-dealkylation sites (N-methyl/N-ethyl adjacent to an activating group) is 1. The molecule has 0 aromatic carbocycles. The average Bonchev–Trinajstić information content (AvgIpc) is 2.20. The molecule has 7 heteroatoms. The highest BCUT2D eigenvalue weighted by Crippen LogP contribution is 1.98. The fourth-order valence-corrected chi connectivity index (χ4v) is 1.43. The second-order valence-corrected chi connectivity index (χ2v) is 4.45. The van der Waals surface area contributed by atoms with E-state index >= 15 is 0 Å². The van der Waals surface area contributed by atoms with E-state index in [1.54, 1.807) is 19.0 Å². The molecule has 1 amide bonds. The van der Waals surface area contributed by atoms with Gasteiger partial charge in [-0.1, -0.05) is 0 Å². The zero-order valence-electron chi connectivity index (χ0n) is 11.2. The van der Waals surface area contributed by atoms with E-state index in [1.165, 1.54) is 6.92 Å². The van der Waals surface area contributed by atoms with Crippen LogP contribution < -0.4 is 16.4 Å². The van der Waals surface area contributed by atoms with Gasteiger partial charge in [0.25, 0.3) is 0 Å². The Labute approximate surface area is 108 Å². The largest absolute Gasteiger partial charge is 0.370 e. The van der Waals surface area contributed by atoms with Crippen LogP contribution in [0.1, 0.15) is 19.8 Å². The zero-order chi connectivity index (χ0) is 14.1. The molecule has 0 saturated heterocycles. The molecular formula is C11H23N5O2. The number of guanidine groups is 1. The van der Waals surface area contributed by atoms with Crippen molar-refractivity contribution in [2.24, 2.45) is 5.73 Å². The van der Waals surface area contributed by atoms with Crippen molar-refractivity contribution in [3.8, 4) is 0 Å². The summed E-state index contributed by atoms with van der Waals surface area (Å²) in [5, 5.41) is 12.3. The van der Waals surface area contributed by atoms with Gasteiger partial charge in [0.05, 0.1) is 12.6 Å². The van der Waals surface area contributed by atoms with E-state index in [0.29, 0.717) is 19.4 Å². The molecule has 0 aliphatic carbocycles. The number of Topliss-reactive ketones (excluding diaryl/α,β-unsaturated/α-hetero) is 1. The van der Waals surface area contributed by atoms with Gasteiger partial charge in [0.2, 0.25) is 5.91 Å². The van der Waals surface area contributed by atoms with Gasteiger partial charge in [0, 0.05) is 6.54 Å². The minimum absolute atomic E-state index is 0.0649. The molecular weight excluding hydrogens is 234 g/mol. The minimum atomic E-state index is -0.466. The minimum Gasteiger partial charge on any atom is -0.370 e. The number of rotatable bonds is 8. The molecule has 1 atom stereocenters. The Hall–Kier alpha value is -1.63. The van der Waals surface area contributed by atoms with Gasteiger partial charge in [0.1, 0.15) is 0 Å². The lowest BCUT2D eigenvalue weighted by molar-refractivity contribution is -0.127. The van der Waals surface area contributed by atoms with E-state index in [1.807, 2.05) is 0 Å². The molecule has 7 nitrogen and oxygen atoms in total. The van der Waals surface area contributed by atoms with Gasteiger partial charge in [-0.25, -0.2) is 0 Å². The zero-order valence-corrected chi connectivity index (χ0v) is 11.2. The predicted molar refractivity (Wildman–Crippen MR) is 70.3 cm³/mol. The summed E-state index contributed by atoms with van der Waals surface area (Å²) in [6.07, 6.45) is 1.20. The van der Waals surface area contributed by atoms with Crippen molar-refractivity contribution in [1.82, 2.24) is 15.5 Å². The van der Waals surface area contributed by atoms with Crippen LogP contribution in [-0.4, -0.2) is 55.8 Å². The molecule has 0 unspecified atom stereocenters. The summed E-state index contributed by atoms with van der Waals surface area (Å²) in [6.45, 7) is 2.23. The smallest absolute Gasteiger partial charge is 0.234 e. The molecule has 0 aliphatic rings. The van der Waals surface area contributed by atoms with E-state index in [9.17, 15) is 9.59 Å². The molecule has 0 spiro atoms. The standard InChI is InChI=1S/C11H23N5O2/c1-8(17)9(5-4-6-14-11(12)13)15-10(18)7-16(2)3/h9H,4-7H2,1-3H3,(H,15,18)(H4,12,13,14)/t9-/m0/s1. The van der Waals surface area contributed by atoms with Crippen molar-refractivity contribution in [2.45, 2.75) is 25.8 Å². The first-order chi connectivity index (χ1) is 8.32. The van der Waals surface area contributed by atoms with Crippen molar-refractivity contribution >= 4 is 17.6 Å². The first-order valence-electron chi connectivity index (χ1n) is 5.85. The van der Waals surface area contributed by atoms with Crippen molar-refractivity contribution in [3.05, 3.63) is 0 Å². The summed E-state index contributed by atoms with van der Waals surface area (Å²) in [4.78, 5) is 24.7. The van der Waals surface area contributed by atoms with Crippen LogP contribution in [0.25, 0.3) is 0 Å². The summed E-state index contributed by atoms with van der Waals surface area (Å²) < 4.78 is 0. The highest BCUT2D eigenvalue weighted by Gasteiger charge is 2.16. The third-order valence-corrected chi connectivity index (χ3v) is 2.27. The summed E-state index contributed by atoms with van der Waals surface area (Å²) in [6, 6.07) is -0.466. The SMILES string of the molecule is CC(=O)[C@H](CCCNC(=N)N)NC(=O)CN(C)C. The number of hydrogen-bond acceptors (Lipinski definition) is 4. The van der Waals surface area contributed by atoms with Crippen LogP contribution in [-0.2, 0) is 9.59 Å². The Morgan fingerprint density at radius 2 is 2.00 bits per heavy atom. The van der Waals surface area contributed by atoms with E-state index < -0.39 is 6.04 Å². The number of hydrogen-bond donors (Lipinski definition) is 4. The van der Waals surface area contributed by atoms with E-state index in [4.69, 9.17) is 11.1 Å². The van der Waals surface area contributed by atoms with Crippen molar-refractivity contribution in [2.75, 3.05) is 27.2 Å². The maximum Gasteiger partial charge on any atom is 0.234 e. The van der Waals surface area contributed by atoms with Gasteiger partial charge in [-0.3, -0.25) is 15.0 Å². The maximum absolute atomic E-state index is 11.5. The van der Waals surface area contributed by atoms with Crippen LogP contribution in [0.15, 0.2) is 0 Å². The fourth-order valence-electron chi connectivity index (χ4n) is 1.43. The number of nitrogens with zero attached hydrogens (tertiary/aromatic N) is 1. The molecule has 0 aromatic rings. The van der Waals surface area contributed by atoms with Crippen LogP contribution in [0.2, 0.25) is 0 Å². The number of amides is 1. The molecule has 0 heterocycles. The van der Waals surface area contributed by atoms with Gasteiger partial charge in [-0.2, -0.15) is 0 Å². The molecule has 0 bridgehead atoms. The topological polar surface area (TPSA) is 111 Å². The number of nitrogens with one attached hydrogen (secondary N) is 3.